The molecule has 0 radical (unpaired) electrons. The van der Waals surface area contributed by atoms with Gasteiger partial charge in [0.15, 0.2) is 0 Å². The molecule has 0 spiro atoms. The molecule has 0 amide bonds. The maximum Gasteiger partial charge on any atom is 0.208 e. The molecule has 0 atom stereocenters. The van der Waals surface area contributed by atoms with Gasteiger partial charge in [0.25, 0.3) is 0 Å². The Labute approximate surface area is 86.9 Å². The maximum atomic E-state index is 11.5. The van der Waals surface area contributed by atoms with Crippen molar-refractivity contribution >= 4 is 10.9 Å². The Morgan fingerprint density at radius 2 is 2.27 bits per heavy atom. The number of hydrogen-bond donors (Lipinski definition) is 1. The van der Waals surface area contributed by atoms with E-state index in [1.54, 1.807) is 13.2 Å². The first-order chi connectivity index (χ1) is 7.26. The zero-order valence-corrected chi connectivity index (χ0v) is 8.70. The lowest BCUT2D eigenvalue weighted by atomic mass is 10.1. The Morgan fingerprint density at radius 3 is 2.93 bits per heavy atom. The molecule has 0 aliphatic heterocycles. The van der Waals surface area contributed by atoms with Gasteiger partial charge >= 0.3 is 0 Å². The van der Waals surface area contributed by atoms with Crippen LogP contribution >= 0.6 is 0 Å². The van der Waals surface area contributed by atoms with Crippen molar-refractivity contribution < 1.29 is 4.74 Å². The summed E-state index contributed by atoms with van der Waals surface area (Å²) in [5.41, 5.74) is 1.72. The summed E-state index contributed by atoms with van der Waals surface area (Å²) < 4.78 is 5.23. The summed E-state index contributed by atoms with van der Waals surface area (Å²) in [5.74, 6) is 0.752. The van der Waals surface area contributed by atoms with Crippen LogP contribution in [0.4, 0.5) is 0 Å². The number of nitrogens with one attached hydrogen (secondary N) is 1. The quantitative estimate of drug-likeness (QED) is 0.806. The van der Waals surface area contributed by atoms with Crippen LogP contribution in [0.1, 0.15) is 12.5 Å². The number of H-pyrrole nitrogens is 1. The van der Waals surface area contributed by atoms with Gasteiger partial charge < -0.3 is 4.74 Å². The first-order valence-electron chi connectivity index (χ1n) is 4.80. The number of benzene rings is 1. The van der Waals surface area contributed by atoms with E-state index in [1.165, 1.54) is 6.20 Å². The number of hydrogen-bond acceptors (Lipinski definition) is 3. The van der Waals surface area contributed by atoms with E-state index < -0.39 is 0 Å². The molecule has 2 rings (SSSR count). The second-order valence-corrected chi connectivity index (χ2v) is 3.30. The molecule has 0 saturated carbocycles. The van der Waals surface area contributed by atoms with E-state index in [0.29, 0.717) is 5.39 Å². The average Bonchev–Trinajstić information content (AvgIpc) is 2.28. The Balaban J connectivity index is 2.81. The van der Waals surface area contributed by atoms with Crippen LogP contribution in [0, 0.1) is 0 Å². The fourth-order valence-electron chi connectivity index (χ4n) is 1.62. The van der Waals surface area contributed by atoms with Crippen LogP contribution in [0.3, 0.4) is 0 Å². The fourth-order valence-corrected chi connectivity index (χ4v) is 1.62. The molecule has 0 fully saturated rings. The molecule has 0 bridgehead atoms. The number of aryl methyl sites for hydroxylation is 1. The van der Waals surface area contributed by atoms with Crippen molar-refractivity contribution in [2.24, 2.45) is 0 Å². The molecule has 4 heteroatoms. The topological polar surface area (TPSA) is 55.0 Å². The van der Waals surface area contributed by atoms with E-state index in [0.717, 1.165) is 23.3 Å². The minimum Gasteiger partial charge on any atom is -0.496 e. The molecule has 1 aromatic heterocycles. The molecule has 0 aliphatic carbocycles. The van der Waals surface area contributed by atoms with Gasteiger partial charge in [0.05, 0.1) is 24.2 Å². The molecule has 1 N–H and O–H groups in total. The number of fused-ring (bicyclic) bond motifs is 1. The van der Waals surface area contributed by atoms with Crippen LogP contribution in [-0.4, -0.2) is 17.3 Å². The fraction of sp³-hybridized carbons (Fsp3) is 0.273. The van der Waals surface area contributed by atoms with Crippen molar-refractivity contribution in [1.82, 2.24) is 10.2 Å². The third kappa shape index (κ3) is 1.58. The zero-order chi connectivity index (χ0) is 10.8. The molecule has 2 aromatic rings. The van der Waals surface area contributed by atoms with E-state index in [9.17, 15) is 4.79 Å². The SMILES string of the molecule is CCc1cc2[nH]ncc(=O)c2cc1OC. The first-order valence-corrected chi connectivity index (χ1v) is 4.80. The monoisotopic (exact) mass is 204 g/mol. The number of nitrogens with zero attached hydrogens (tertiary/aromatic N) is 1. The van der Waals surface area contributed by atoms with Gasteiger partial charge in [-0.05, 0) is 24.1 Å². The molecule has 4 nitrogen and oxygen atoms in total. The summed E-state index contributed by atoms with van der Waals surface area (Å²) in [6.45, 7) is 2.04. The standard InChI is InChI=1S/C11H12N2O2/c1-3-7-4-9-8(5-11(7)15-2)10(14)6-12-13-9/h4-6H,3H2,1-2H3,(H,13,14). The summed E-state index contributed by atoms with van der Waals surface area (Å²) in [6, 6.07) is 3.66. The minimum atomic E-state index is -0.0929. The summed E-state index contributed by atoms with van der Waals surface area (Å²) in [4.78, 5) is 11.5. The molecule has 15 heavy (non-hydrogen) atoms. The van der Waals surface area contributed by atoms with Crippen LogP contribution in [0.2, 0.25) is 0 Å². The van der Waals surface area contributed by atoms with E-state index in [2.05, 4.69) is 10.2 Å². The number of aromatic nitrogens is 2. The van der Waals surface area contributed by atoms with Crippen LogP contribution in [0.15, 0.2) is 23.1 Å². The second-order valence-electron chi connectivity index (χ2n) is 3.30. The maximum absolute atomic E-state index is 11.5. The highest BCUT2D eigenvalue weighted by Crippen LogP contribution is 2.22. The molecular formula is C11H12N2O2. The number of methoxy groups -OCH3 is 1. The van der Waals surface area contributed by atoms with Gasteiger partial charge in [-0.3, -0.25) is 9.89 Å². The highest BCUT2D eigenvalue weighted by Gasteiger charge is 2.06. The smallest absolute Gasteiger partial charge is 0.208 e. The summed E-state index contributed by atoms with van der Waals surface area (Å²) in [6.07, 6.45) is 2.13. The zero-order valence-electron chi connectivity index (χ0n) is 8.70. The van der Waals surface area contributed by atoms with Gasteiger partial charge in [-0.25, -0.2) is 0 Å². The minimum absolute atomic E-state index is 0.0929. The van der Waals surface area contributed by atoms with Crippen LogP contribution < -0.4 is 10.2 Å². The van der Waals surface area contributed by atoms with Gasteiger partial charge in [-0.1, -0.05) is 6.92 Å². The van der Waals surface area contributed by atoms with Crippen molar-refractivity contribution in [3.8, 4) is 5.75 Å². The summed E-state index contributed by atoms with van der Waals surface area (Å²) in [7, 11) is 1.61. The normalized spacial score (nSPS) is 10.5. The van der Waals surface area contributed by atoms with Crippen molar-refractivity contribution in [1.29, 1.82) is 0 Å². The molecule has 78 valence electrons. The predicted octanol–water partition coefficient (Wildman–Crippen LogP) is 1.49. The van der Waals surface area contributed by atoms with Crippen molar-refractivity contribution in [3.05, 3.63) is 34.1 Å². The number of aromatic amines is 1. The molecule has 0 unspecified atom stereocenters. The van der Waals surface area contributed by atoms with Crippen molar-refractivity contribution in [3.63, 3.8) is 0 Å². The predicted molar refractivity (Wildman–Crippen MR) is 58.3 cm³/mol. The van der Waals surface area contributed by atoms with E-state index in [1.807, 2.05) is 13.0 Å². The summed E-state index contributed by atoms with van der Waals surface area (Å²) >= 11 is 0. The summed E-state index contributed by atoms with van der Waals surface area (Å²) in [5, 5.41) is 7.19. The van der Waals surface area contributed by atoms with Gasteiger partial charge in [0, 0.05) is 0 Å². The lowest BCUT2D eigenvalue weighted by molar-refractivity contribution is 0.411. The van der Waals surface area contributed by atoms with Gasteiger partial charge in [0.2, 0.25) is 5.43 Å². The molecule has 0 saturated heterocycles. The second kappa shape index (κ2) is 3.73. The third-order valence-electron chi connectivity index (χ3n) is 2.43. The lowest BCUT2D eigenvalue weighted by Gasteiger charge is -2.07. The van der Waals surface area contributed by atoms with E-state index >= 15 is 0 Å². The Hall–Kier alpha value is -1.84. The lowest BCUT2D eigenvalue weighted by Crippen LogP contribution is -2.04. The highest BCUT2D eigenvalue weighted by atomic mass is 16.5. The van der Waals surface area contributed by atoms with Crippen molar-refractivity contribution in [2.45, 2.75) is 13.3 Å². The van der Waals surface area contributed by atoms with Gasteiger partial charge in [-0.15, -0.1) is 0 Å². The van der Waals surface area contributed by atoms with E-state index in [4.69, 9.17) is 4.74 Å². The number of ether oxygens (including phenoxy) is 1. The molecule has 1 heterocycles. The Kier molecular flexibility index (Phi) is 2.41. The van der Waals surface area contributed by atoms with Crippen LogP contribution in [0.25, 0.3) is 10.9 Å². The Morgan fingerprint density at radius 1 is 1.47 bits per heavy atom. The Bertz CT molecular complexity index is 546. The van der Waals surface area contributed by atoms with Crippen molar-refractivity contribution in [2.75, 3.05) is 7.11 Å². The number of rotatable bonds is 2. The average molecular weight is 204 g/mol. The van der Waals surface area contributed by atoms with E-state index in [-0.39, 0.29) is 5.43 Å². The first kappa shape index (κ1) is 9.71. The third-order valence-corrected chi connectivity index (χ3v) is 2.43. The van der Waals surface area contributed by atoms with Crippen LogP contribution in [0.5, 0.6) is 5.75 Å². The molecule has 0 aliphatic rings. The van der Waals surface area contributed by atoms with Gasteiger partial charge in [0.1, 0.15) is 5.75 Å². The van der Waals surface area contributed by atoms with Crippen LogP contribution in [-0.2, 0) is 6.42 Å². The van der Waals surface area contributed by atoms with Gasteiger partial charge in [-0.2, -0.15) is 5.10 Å². The highest BCUT2D eigenvalue weighted by molar-refractivity contribution is 5.80. The largest absolute Gasteiger partial charge is 0.496 e. The molecular weight excluding hydrogens is 192 g/mol. The molecule has 1 aromatic carbocycles.